The van der Waals surface area contributed by atoms with Crippen LogP contribution in [-0.4, -0.2) is 17.6 Å². The van der Waals surface area contributed by atoms with Gasteiger partial charge in [-0.05, 0) is 30.4 Å². The number of aliphatic carboxylic acids is 1. The normalized spacial score (nSPS) is 26.8. The van der Waals surface area contributed by atoms with Crippen LogP contribution in [0, 0.1) is 0 Å². The molecule has 0 amide bonds. The molecule has 0 aromatic carbocycles. The molecule has 4 heteroatoms. The van der Waals surface area contributed by atoms with Crippen LogP contribution in [0.15, 0.2) is 11.4 Å². The van der Waals surface area contributed by atoms with Crippen LogP contribution in [0.4, 0.5) is 0 Å². The highest BCUT2D eigenvalue weighted by atomic mass is 32.1. The molecule has 0 fully saturated rings. The van der Waals surface area contributed by atoms with Crippen LogP contribution in [0.1, 0.15) is 17.4 Å². The van der Waals surface area contributed by atoms with Gasteiger partial charge in [0.2, 0.25) is 0 Å². The van der Waals surface area contributed by atoms with Crippen molar-refractivity contribution >= 4 is 17.3 Å². The second-order valence-electron chi connectivity index (χ2n) is 3.36. The zero-order valence-electron chi connectivity index (χ0n) is 7.33. The molecule has 2 heterocycles. The first-order chi connectivity index (χ1) is 6.14. The third kappa shape index (κ3) is 1.17. The molecule has 0 bridgehead atoms. The Morgan fingerprint density at radius 3 is 3.23 bits per heavy atom. The van der Waals surface area contributed by atoms with Gasteiger partial charge in [-0.1, -0.05) is 0 Å². The Morgan fingerprint density at radius 2 is 2.54 bits per heavy atom. The quantitative estimate of drug-likeness (QED) is 0.711. The van der Waals surface area contributed by atoms with Crippen LogP contribution in [0.5, 0.6) is 0 Å². The average molecular weight is 197 g/mol. The van der Waals surface area contributed by atoms with E-state index in [-0.39, 0.29) is 0 Å². The van der Waals surface area contributed by atoms with Crippen molar-refractivity contribution in [3.63, 3.8) is 0 Å². The molecule has 2 rings (SSSR count). The van der Waals surface area contributed by atoms with Gasteiger partial charge in [0, 0.05) is 11.4 Å². The SMILES string of the molecule is CC1(C(=O)O)NCCc2sccc21. The predicted octanol–water partition coefficient (Wildman–Crippen LogP) is 1.19. The molecule has 1 aliphatic rings. The third-order valence-corrected chi connectivity index (χ3v) is 3.52. The van der Waals surface area contributed by atoms with Crippen molar-refractivity contribution in [2.75, 3.05) is 6.54 Å². The van der Waals surface area contributed by atoms with E-state index < -0.39 is 11.5 Å². The number of hydrogen-bond acceptors (Lipinski definition) is 3. The fourth-order valence-electron chi connectivity index (χ4n) is 1.69. The molecule has 0 radical (unpaired) electrons. The first kappa shape index (κ1) is 8.72. The zero-order chi connectivity index (χ0) is 9.47. The molecule has 13 heavy (non-hydrogen) atoms. The molecule has 70 valence electrons. The molecule has 1 aromatic heterocycles. The predicted molar refractivity (Wildman–Crippen MR) is 51.0 cm³/mol. The minimum absolute atomic E-state index is 0.746. The summed E-state index contributed by atoms with van der Waals surface area (Å²) in [6.45, 7) is 2.47. The van der Waals surface area contributed by atoms with Crippen molar-refractivity contribution in [3.05, 3.63) is 21.9 Å². The molecule has 1 unspecified atom stereocenters. The van der Waals surface area contributed by atoms with Crippen molar-refractivity contribution in [3.8, 4) is 0 Å². The number of thiophene rings is 1. The summed E-state index contributed by atoms with van der Waals surface area (Å²) in [7, 11) is 0. The lowest BCUT2D eigenvalue weighted by atomic mass is 9.89. The summed E-state index contributed by atoms with van der Waals surface area (Å²) in [5.41, 5.74) is 0.0457. The van der Waals surface area contributed by atoms with Crippen molar-refractivity contribution in [2.45, 2.75) is 18.9 Å². The van der Waals surface area contributed by atoms with Crippen LogP contribution in [0.2, 0.25) is 0 Å². The number of carbonyl (C=O) groups is 1. The molecular weight excluding hydrogens is 186 g/mol. The van der Waals surface area contributed by atoms with Crippen molar-refractivity contribution < 1.29 is 9.90 Å². The molecular formula is C9H11NO2S. The molecule has 0 aliphatic carbocycles. The minimum Gasteiger partial charge on any atom is -0.480 e. The molecule has 2 N–H and O–H groups in total. The first-order valence-corrected chi connectivity index (χ1v) is 5.08. The topological polar surface area (TPSA) is 49.3 Å². The summed E-state index contributed by atoms with van der Waals surface area (Å²) in [5.74, 6) is -0.799. The fourth-order valence-corrected chi connectivity index (χ4v) is 2.68. The Balaban J connectivity index is 2.51. The van der Waals surface area contributed by atoms with Gasteiger partial charge in [0.15, 0.2) is 0 Å². The highest BCUT2D eigenvalue weighted by Gasteiger charge is 2.39. The van der Waals surface area contributed by atoms with Gasteiger partial charge in [0.1, 0.15) is 5.54 Å². The maximum absolute atomic E-state index is 11.1. The second-order valence-corrected chi connectivity index (χ2v) is 4.37. The largest absolute Gasteiger partial charge is 0.480 e. The summed E-state index contributed by atoms with van der Waals surface area (Å²) in [4.78, 5) is 12.3. The molecule has 0 saturated heterocycles. The Hall–Kier alpha value is -0.870. The standard InChI is InChI=1S/C9H11NO2S/c1-9(8(11)12)6-3-5-13-7(6)2-4-10-9/h3,5,10H,2,4H2,1H3,(H,11,12). The number of rotatable bonds is 1. The fraction of sp³-hybridized carbons (Fsp3) is 0.444. The van der Waals surface area contributed by atoms with E-state index in [9.17, 15) is 4.79 Å². The van der Waals surface area contributed by atoms with E-state index in [4.69, 9.17) is 5.11 Å². The Bertz CT molecular complexity index is 347. The highest BCUT2D eigenvalue weighted by Crippen LogP contribution is 2.32. The monoisotopic (exact) mass is 197 g/mol. The van der Waals surface area contributed by atoms with Gasteiger partial charge in [-0.2, -0.15) is 0 Å². The van der Waals surface area contributed by atoms with Gasteiger partial charge in [-0.3, -0.25) is 5.32 Å². The number of fused-ring (bicyclic) bond motifs is 1. The van der Waals surface area contributed by atoms with Crippen molar-refractivity contribution in [1.82, 2.24) is 5.32 Å². The van der Waals surface area contributed by atoms with E-state index >= 15 is 0 Å². The minimum atomic E-state index is -0.881. The van der Waals surface area contributed by atoms with Gasteiger partial charge in [-0.25, -0.2) is 4.79 Å². The maximum atomic E-state index is 11.1. The van der Waals surface area contributed by atoms with Gasteiger partial charge in [0.25, 0.3) is 0 Å². The van der Waals surface area contributed by atoms with Crippen molar-refractivity contribution in [2.24, 2.45) is 0 Å². The molecule has 1 aromatic rings. The number of carboxylic acid groups (broad SMARTS) is 1. The third-order valence-electron chi connectivity index (χ3n) is 2.54. The highest BCUT2D eigenvalue weighted by molar-refractivity contribution is 7.10. The average Bonchev–Trinajstić information content (AvgIpc) is 2.53. The van der Waals surface area contributed by atoms with Gasteiger partial charge in [-0.15, -0.1) is 11.3 Å². The second kappa shape index (κ2) is 2.82. The lowest BCUT2D eigenvalue weighted by Gasteiger charge is -2.31. The number of carboxylic acids is 1. The van der Waals surface area contributed by atoms with Crippen LogP contribution in [-0.2, 0) is 16.8 Å². The summed E-state index contributed by atoms with van der Waals surface area (Å²) in [6, 6.07) is 1.90. The Morgan fingerprint density at radius 1 is 1.77 bits per heavy atom. The van der Waals surface area contributed by atoms with E-state index in [1.165, 1.54) is 4.88 Å². The van der Waals surface area contributed by atoms with Gasteiger partial charge in [0.05, 0.1) is 0 Å². The van der Waals surface area contributed by atoms with E-state index in [2.05, 4.69) is 5.32 Å². The summed E-state index contributed by atoms with van der Waals surface area (Å²) in [5, 5.41) is 14.1. The number of hydrogen-bond donors (Lipinski definition) is 2. The van der Waals surface area contributed by atoms with Crippen LogP contribution >= 0.6 is 11.3 Å². The van der Waals surface area contributed by atoms with E-state index in [0.717, 1.165) is 18.5 Å². The molecule has 0 saturated carbocycles. The number of nitrogens with one attached hydrogen (secondary N) is 1. The molecule has 1 aliphatic heterocycles. The maximum Gasteiger partial charge on any atom is 0.328 e. The summed E-state index contributed by atoms with van der Waals surface area (Å²) >= 11 is 1.64. The van der Waals surface area contributed by atoms with Gasteiger partial charge >= 0.3 is 5.97 Å². The summed E-state index contributed by atoms with van der Waals surface area (Å²) in [6.07, 6.45) is 0.940. The lowest BCUT2D eigenvalue weighted by molar-refractivity contribution is -0.144. The Kier molecular flexibility index (Phi) is 1.89. The van der Waals surface area contributed by atoms with E-state index in [1.807, 2.05) is 11.4 Å². The molecule has 3 nitrogen and oxygen atoms in total. The van der Waals surface area contributed by atoms with Gasteiger partial charge < -0.3 is 5.11 Å². The van der Waals surface area contributed by atoms with E-state index in [1.54, 1.807) is 18.3 Å². The molecule has 1 atom stereocenters. The van der Waals surface area contributed by atoms with Crippen molar-refractivity contribution in [1.29, 1.82) is 0 Å². The van der Waals surface area contributed by atoms with Crippen LogP contribution in [0.3, 0.4) is 0 Å². The van der Waals surface area contributed by atoms with Crippen LogP contribution in [0.25, 0.3) is 0 Å². The Labute approximate surface area is 80.4 Å². The first-order valence-electron chi connectivity index (χ1n) is 4.20. The smallest absolute Gasteiger partial charge is 0.328 e. The van der Waals surface area contributed by atoms with Crippen LogP contribution < -0.4 is 5.32 Å². The molecule has 0 spiro atoms. The lowest BCUT2D eigenvalue weighted by Crippen LogP contribution is -2.50. The zero-order valence-corrected chi connectivity index (χ0v) is 8.15. The van der Waals surface area contributed by atoms with E-state index in [0.29, 0.717) is 0 Å². The summed E-state index contributed by atoms with van der Waals surface area (Å²) < 4.78 is 0.